The summed E-state index contributed by atoms with van der Waals surface area (Å²) >= 11 is 0. The van der Waals surface area contributed by atoms with Gasteiger partial charge in [-0.1, -0.05) is 42.5 Å². The summed E-state index contributed by atoms with van der Waals surface area (Å²) in [7, 11) is 1.60. The van der Waals surface area contributed by atoms with Crippen LogP contribution in [0.4, 0.5) is 5.69 Å². The van der Waals surface area contributed by atoms with Crippen molar-refractivity contribution in [3.8, 4) is 17.2 Å². The lowest BCUT2D eigenvalue weighted by molar-refractivity contribution is -0.134. The highest BCUT2D eigenvalue weighted by Crippen LogP contribution is 2.34. The molecule has 1 N–H and O–H groups in total. The molecule has 7 nitrogen and oxygen atoms in total. The summed E-state index contributed by atoms with van der Waals surface area (Å²) in [4.78, 5) is 27.4. The summed E-state index contributed by atoms with van der Waals surface area (Å²) in [6.07, 6.45) is 0.217. The predicted octanol–water partition coefficient (Wildman–Crippen LogP) is 3.63. The number of benzene rings is 3. The monoisotopic (exact) mass is 432 g/mol. The molecule has 0 spiro atoms. The van der Waals surface area contributed by atoms with E-state index in [9.17, 15) is 9.59 Å². The van der Waals surface area contributed by atoms with E-state index in [1.165, 1.54) is 0 Å². The SMILES string of the molecule is COc1ccc(CN(CC(=O)Nc2ccc3c(c2)OCO3)C(=O)Cc2ccccc2)cc1. The van der Waals surface area contributed by atoms with Gasteiger partial charge in [0.25, 0.3) is 0 Å². The van der Waals surface area contributed by atoms with E-state index in [2.05, 4.69) is 5.32 Å². The number of hydrogen-bond acceptors (Lipinski definition) is 5. The second-order valence-electron chi connectivity index (χ2n) is 7.38. The Morgan fingerprint density at radius 2 is 1.69 bits per heavy atom. The molecule has 0 fully saturated rings. The molecule has 7 heteroatoms. The fourth-order valence-electron chi connectivity index (χ4n) is 3.41. The first-order chi connectivity index (χ1) is 15.6. The first-order valence-electron chi connectivity index (χ1n) is 10.2. The summed E-state index contributed by atoms with van der Waals surface area (Å²) in [5.74, 6) is 1.53. The predicted molar refractivity (Wildman–Crippen MR) is 120 cm³/mol. The molecule has 3 aromatic carbocycles. The third-order valence-corrected chi connectivity index (χ3v) is 5.07. The number of carbonyl (C=O) groups is 2. The second-order valence-corrected chi connectivity index (χ2v) is 7.38. The first-order valence-corrected chi connectivity index (χ1v) is 10.2. The Bertz CT molecular complexity index is 1080. The van der Waals surface area contributed by atoms with Gasteiger partial charge in [-0.25, -0.2) is 0 Å². The fourth-order valence-corrected chi connectivity index (χ4v) is 3.41. The molecule has 0 aromatic heterocycles. The van der Waals surface area contributed by atoms with Gasteiger partial charge >= 0.3 is 0 Å². The maximum atomic E-state index is 13.1. The topological polar surface area (TPSA) is 77.1 Å². The van der Waals surface area contributed by atoms with Crippen LogP contribution in [0.1, 0.15) is 11.1 Å². The standard InChI is InChI=1S/C25H24N2O5/c1-30-21-10-7-19(8-11-21)15-27(25(29)13-18-5-3-2-4-6-18)16-24(28)26-20-9-12-22-23(14-20)32-17-31-22/h2-12,14H,13,15-17H2,1H3,(H,26,28). The van der Waals surface area contributed by atoms with Crippen molar-refractivity contribution in [2.45, 2.75) is 13.0 Å². The van der Waals surface area contributed by atoms with Crippen LogP contribution >= 0.6 is 0 Å². The van der Waals surface area contributed by atoms with Crippen LogP contribution in [0.3, 0.4) is 0 Å². The van der Waals surface area contributed by atoms with Crippen LogP contribution in [0, 0.1) is 0 Å². The van der Waals surface area contributed by atoms with Crippen LogP contribution in [-0.4, -0.2) is 37.2 Å². The Morgan fingerprint density at radius 1 is 0.938 bits per heavy atom. The fraction of sp³-hybridized carbons (Fsp3) is 0.200. The van der Waals surface area contributed by atoms with Crippen molar-refractivity contribution in [1.29, 1.82) is 0 Å². The molecule has 0 bridgehead atoms. The normalized spacial score (nSPS) is 11.7. The van der Waals surface area contributed by atoms with Gasteiger partial charge in [0, 0.05) is 18.3 Å². The van der Waals surface area contributed by atoms with E-state index in [1.54, 1.807) is 30.2 Å². The highest BCUT2D eigenvalue weighted by Gasteiger charge is 2.19. The number of rotatable bonds is 8. The molecule has 3 aromatic rings. The van der Waals surface area contributed by atoms with Gasteiger partial charge < -0.3 is 24.4 Å². The summed E-state index contributed by atoms with van der Waals surface area (Å²) in [6.45, 7) is 0.396. The van der Waals surface area contributed by atoms with Gasteiger partial charge in [-0.2, -0.15) is 0 Å². The zero-order chi connectivity index (χ0) is 22.3. The number of nitrogens with zero attached hydrogens (tertiary/aromatic N) is 1. The van der Waals surface area contributed by atoms with Crippen LogP contribution in [0.2, 0.25) is 0 Å². The van der Waals surface area contributed by atoms with Gasteiger partial charge in [0.1, 0.15) is 12.3 Å². The molecule has 1 aliphatic rings. The van der Waals surface area contributed by atoms with Crippen LogP contribution in [-0.2, 0) is 22.6 Å². The first kappa shape index (κ1) is 21.2. The smallest absolute Gasteiger partial charge is 0.244 e. The van der Waals surface area contributed by atoms with Gasteiger partial charge in [0.05, 0.1) is 13.5 Å². The third-order valence-electron chi connectivity index (χ3n) is 5.07. The molecule has 4 rings (SSSR count). The quantitative estimate of drug-likeness (QED) is 0.588. The zero-order valence-electron chi connectivity index (χ0n) is 17.7. The van der Waals surface area contributed by atoms with Gasteiger partial charge in [-0.05, 0) is 35.4 Å². The van der Waals surface area contributed by atoms with Crippen LogP contribution in [0.25, 0.3) is 0 Å². The number of amides is 2. The lowest BCUT2D eigenvalue weighted by Gasteiger charge is -2.23. The van der Waals surface area contributed by atoms with E-state index >= 15 is 0 Å². The molecule has 0 radical (unpaired) electrons. The molecule has 1 heterocycles. The number of methoxy groups -OCH3 is 1. The number of hydrogen-bond donors (Lipinski definition) is 1. The molecule has 0 aliphatic carbocycles. The molecule has 0 unspecified atom stereocenters. The summed E-state index contributed by atoms with van der Waals surface area (Å²) in [5, 5.41) is 2.84. The maximum Gasteiger partial charge on any atom is 0.244 e. The van der Waals surface area contributed by atoms with Crippen molar-refractivity contribution >= 4 is 17.5 Å². The second kappa shape index (κ2) is 9.87. The van der Waals surface area contributed by atoms with Crippen molar-refractivity contribution < 1.29 is 23.8 Å². The van der Waals surface area contributed by atoms with Crippen molar-refractivity contribution in [3.63, 3.8) is 0 Å². The average molecular weight is 432 g/mol. The van der Waals surface area contributed by atoms with Crippen molar-refractivity contribution in [3.05, 3.63) is 83.9 Å². The Labute approximate surface area is 186 Å². The lowest BCUT2D eigenvalue weighted by Crippen LogP contribution is -2.38. The van der Waals surface area contributed by atoms with E-state index in [0.29, 0.717) is 23.7 Å². The molecule has 0 saturated carbocycles. The largest absolute Gasteiger partial charge is 0.497 e. The molecule has 2 amide bonds. The van der Waals surface area contributed by atoms with Crippen molar-refractivity contribution in [1.82, 2.24) is 4.90 Å². The van der Waals surface area contributed by atoms with E-state index in [1.807, 2.05) is 54.6 Å². The number of nitrogens with one attached hydrogen (secondary N) is 1. The van der Waals surface area contributed by atoms with Gasteiger partial charge in [0.2, 0.25) is 18.6 Å². The molecule has 0 atom stereocenters. The minimum absolute atomic E-state index is 0.0772. The lowest BCUT2D eigenvalue weighted by atomic mass is 10.1. The molecule has 0 saturated heterocycles. The minimum atomic E-state index is -0.293. The highest BCUT2D eigenvalue weighted by atomic mass is 16.7. The van der Waals surface area contributed by atoms with E-state index < -0.39 is 0 Å². The molecule has 1 aliphatic heterocycles. The Hall–Kier alpha value is -4.00. The van der Waals surface area contributed by atoms with Gasteiger partial charge in [-0.15, -0.1) is 0 Å². The van der Waals surface area contributed by atoms with E-state index in [4.69, 9.17) is 14.2 Å². The van der Waals surface area contributed by atoms with E-state index in [0.717, 1.165) is 16.9 Å². The van der Waals surface area contributed by atoms with Crippen LogP contribution in [0.5, 0.6) is 17.2 Å². The van der Waals surface area contributed by atoms with Crippen LogP contribution in [0.15, 0.2) is 72.8 Å². The number of ether oxygens (including phenoxy) is 3. The Morgan fingerprint density at radius 3 is 2.44 bits per heavy atom. The number of anilines is 1. The number of fused-ring (bicyclic) bond motifs is 1. The summed E-state index contributed by atoms with van der Waals surface area (Å²) in [5.41, 5.74) is 2.38. The molecular formula is C25H24N2O5. The third kappa shape index (κ3) is 5.37. The molecule has 164 valence electrons. The zero-order valence-corrected chi connectivity index (χ0v) is 17.7. The maximum absolute atomic E-state index is 13.1. The van der Waals surface area contributed by atoms with Gasteiger partial charge in [0.15, 0.2) is 11.5 Å². The summed E-state index contributed by atoms with van der Waals surface area (Å²) in [6, 6.07) is 22.1. The van der Waals surface area contributed by atoms with Gasteiger partial charge in [-0.3, -0.25) is 9.59 Å². The Kier molecular flexibility index (Phi) is 6.55. The van der Waals surface area contributed by atoms with E-state index in [-0.39, 0.29) is 31.6 Å². The van der Waals surface area contributed by atoms with Crippen LogP contribution < -0.4 is 19.5 Å². The minimum Gasteiger partial charge on any atom is -0.497 e. The number of carbonyl (C=O) groups excluding carboxylic acids is 2. The van der Waals surface area contributed by atoms with Crippen molar-refractivity contribution in [2.75, 3.05) is 25.8 Å². The molecular weight excluding hydrogens is 408 g/mol. The van der Waals surface area contributed by atoms with Crippen molar-refractivity contribution in [2.24, 2.45) is 0 Å². The Balaban J connectivity index is 1.46. The molecule has 32 heavy (non-hydrogen) atoms. The summed E-state index contributed by atoms with van der Waals surface area (Å²) < 4.78 is 15.9. The average Bonchev–Trinajstić information content (AvgIpc) is 3.27. The highest BCUT2D eigenvalue weighted by molar-refractivity contribution is 5.95.